The van der Waals surface area contributed by atoms with Crippen LogP contribution in [0.2, 0.25) is 0 Å². The zero-order valence-corrected chi connectivity index (χ0v) is 9.23. The Morgan fingerprint density at radius 3 is 2.35 bits per heavy atom. The molecule has 17 heavy (non-hydrogen) atoms. The van der Waals surface area contributed by atoms with Crippen LogP contribution in [0.25, 0.3) is 0 Å². The van der Waals surface area contributed by atoms with Crippen molar-refractivity contribution in [3.63, 3.8) is 0 Å². The van der Waals surface area contributed by atoms with E-state index >= 15 is 0 Å². The molecule has 0 aromatic carbocycles. The largest absolute Gasteiger partial charge is 0.453 e. The predicted molar refractivity (Wildman–Crippen MR) is 50.0 cm³/mol. The van der Waals surface area contributed by atoms with Crippen LogP contribution in [0.4, 0.5) is 22.0 Å². The highest BCUT2D eigenvalue weighted by Gasteiger charge is 2.56. The third-order valence-electron chi connectivity index (χ3n) is 2.58. The molecule has 1 aliphatic heterocycles. The van der Waals surface area contributed by atoms with Gasteiger partial charge in [0.25, 0.3) is 0 Å². The lowest BCUT2D eigenvalue weighted by Gasteiger charge is -2.19. The van der Waals surface area contributed by atoms with Gasteiger partial charge in [-0.3, -0.25) is 0 Å². The normalized spacial score (nSPS) is 22.1. The average molecular weight is 262 g/mol. The van der Waals surface area contributed by atoms with Crippen LogP contribution in [-0.4, -0.2) is 38.0 Å². The van der Waals surface area contributed by atoms with Crippen LogP contribution in [0.1, 0.15) is 25.7 Å². The van der Waals surface area contributed by atoms with Gasteiger partial charge in [-0.05, 0) is 19.3 Å². The van der Waals surface area contributed by atoms with Crippen molar-refractivity contribution in [2.75, 3.05) is 19.8 Å². The topological polar surface area (TPSA) is 18.5 Å². The molecule has 0 N–H and O–H groups in total. The smallest absolute Gasteiger partial charge is 0.381 e. The van der Waals surface area contributed by atoms with E-state index in [1.165, 1.54) is 0 Å². The molecule has 0 radical (unpaired) electrons. The highest BCUT2D eigenvalue weighted by atomic mass is 19.4. The third-order valence-corrected chi connectivity index (χ3v) is 2.58. The van der Waals surface area contributed by atoms with Crippen molar-refractivity contribution in [1.29, 1.82) is 0 Å². The van der Waals surface area contributed by atoms with Crippen LogP contribution in [0.5, 0.6) is 0 Å². The lowest BCUT2D eigenvalue weighted by atomic mass is 10.2. The van der Waals surface area contributed by atoms with E-state index < -0.39 is 25.1 Å². The summed E-state index contributed by atoms with van der Waals surface area (Å²) in [6.45, 7) is 0.231. The maximum absolute atomic E-state index is 12.4. The van der Waals surface area contributed by atoms with E-state index in [2.05, 4.69) is 0 Å². The number of hydrogen-bond donors (Lipinski definition) is 0. The molecule has 102 valence electrons. The van der Waals surface area contributed by atoms with E-state index in [4.69, 9.17) is 9.47 Å². The summed E-state index contributed by atoms with van der Waals surface area (Å²) in [6.07, 6.45) is -4.39. The Morgan fingerprint density at radius 1 is 1.12 bits per heavy atom. The van der Waals surface area contributed by atoms with Crippen LogP contribution < -0.4 is 0 Å². The fourth-order valence-electron chi connectivity index (χ4n) is 1.53. The lowest BCUT2D eigenvalue weighted by molar-refractivity contribution is -0.287. The number of hydrogen-bond acceptors (Lipinski definition) is 2. The van der Waals surface area contributed by atoms with Crippen molar-refractivity contribution < 1.29 is 31.4 Å². The van der Waals surface area contributed by atoms with Gasteiger partial charge in [-0.15, -0.1) is 0 Å². The van der Waals surface area contributed by atoms with Gasteiger partial charge in [0.05, 0.1) is 12.7 Å². The van der Waals surface area contributed by atoms with Crippen LogP contribution in [0, 0.1) is 0 Å². The minimum Gasteiger partial charge on any atom is -0.381 e. The first-order chi connectivity index (χ1) is 7.83. The van der Waals surface area contributed by atoms with Gasteiger partial charge in [0.15, 0.2) is 0 Å². The van der Waals surface area contributed by atoms with Crippen LogP contribution in [0.3, 0.4) is 0 Å². The van der Waals surface area contributed by atoms with Gasteiger partial charge in [0, 0.05) is 19.6 Å². The Hall–Kier alpha value is -0.430. The van der Waals surface area contributed by atoms with E-state index in [-0.39, 0.29) is 12.7 Å². The molecule has 0 saturated carbocycles. The number of ether oxygens (including phenoxy) is 2. The number of rotatable bonds is 6. The molecule has 0 aromatic heterocycles. The van der Waals surface area contributed by atoms with Gasteiger partial charge >= 0.3 is 12.1 Å². The quantitative estimate of drug-likeness (QED) is 0.540. The van der Waals surface area contributed by atoms with Crippen LogP contribution >= 0.6 is 0 Å². The SMILES string of the molecule is FC(F)(F)C(F)(F)CCOCCC1CCCO1. The van der Waals surface area contributed by atoms with Crippen molar-refractivity contribution in [1.82, 2.24) is 0 Å². The molecule has 7 heteroatoms. The van der Waals surface area contributed by atoms with Gasteiger partial charge < -0.3 is 9.47 Å². The second-order valence-electron chi connectivity index (χ2n) is 3.99. The van der Waals surface area contributed by atoms with Crippen molar-refractivity contribution >= 4 is 0 Å². The van der Waals surface area contributed by atoms with E-state index in [1.807, 2.05) is 0 Å². The van der Waals surface area contributed by atoms with Crippen molar-refractivity contribution in [2.45, 2.75) is 43.9 Å². The summed E-state index contributed by atoms with van der Waals surface area (Å²) in [4.78, 5) is 0. The van der Waals surface area contributed by atoms with E-state index in [0.29, 0.717) is 13.0 Å². The molecule has 1 unspecified atom stereocenters. The summed E-state index contributed by atoms with van der Waals surface area (Å²) in [7, 11) is 0. The second-order valence-corrected chi connectivity index (χ2v) is 3.99. The highest BCUT2D eigenvalue weighted by molar-refractivity contribution is 4.75. The molecule has 2 nitrogen and oxygen atoms in total. The zero-order valence-electron chi connectivity index (χ0n) is 9.23. The van der Waals surface area contributed by atoms with Gasteiger partial charge in [0.2, 0.25) is 0 Å². The zero-order chi connectivity index (χ0) is 12.9. The second kappa shape index (κ2) is 5.95. The van der Waals surface area contributed by atoms with Gasteiger partial charge in [-0.25, -0.2) is 0 Å². The molecule has 1 saturated heterocycles. The van der Waals surface area contributed by atoms with Crippen molar-refractivity contribution in [3.8, 4) is 0 Å². The Bertz CT molecular complexity index is 223. The van der Waals surface area contributed by atoms with Gasteiger partial charge in [-0.1, -0.05) is 0 Å². The van der Waals surface area contributed by atoms with Gasteiger partial charge in [0.1, 0.15) is 0 Å². The predicted octanol–water partition coefficient (Wildman–Crippen LogP) is 3.16. The number of halogens is 5. The lowest BCUT2D eigenvalue weighted by Crippen LogP contribution is -2.37. The summed E-state index contributed by atoms with van der Waals surface area (Å²) in [6, 6.07) is 0. The molecule has 0 bridgehead atoms. The molecule has 1 heterocycles. The first-order valence-electron chi connectivity index (χ1n) is 5.47. The molecule has 1 fully saturated rings. The average Bonchev–Trinajstić information content (AvgIpc) is 2.68. The van der Waals surface area contributed by atoms with Crippen LogP contribution in [0.15, 0.2) is 0 Å². The monoisotopic (exact) mass is 262 g/mol. The van der Waals surface area contributed by atoms with E-state index in [1.54, 1.807) is 0 Å². The molecule has 0 amide bonds. The minimum atomic E-state index is -5.50. The van der Waals surface area contributed by atoms with E-state index in [9.17, 15) is 22.0 Å². The first-order valence-corrected chi connectivity index (χ1v) is 5.47. The molecule has 1 rings (SSSR count). The fraction of sp³-hybridized carbons (Fsp3) is 1.00. The summed E-state index contributed by atoms with van der Waals surface area (Å²) < 4.78 is 70.2. The summed E-state index contributed by atoms with van der Waals surface area (Å²) in [5.74, 6) is -4.67. The van der Waals surface area contributed by atoms with Crippen molar-refractivity contribution in [3.05, 3.63) is 0 Å². The third kappa shape index (κ3) is 4.75. The van der Waals surface area contributed by atoms with Gasteiger partial charge in [-0.2, -0.15) is 22.0 Å². The Labute approximate surface area is 96.1 Å². The minimum absolute atomic E-state index is 0.0538. The molecule has 1 aliphatic rings. The molecule has 1 atom stereocenters. The first kappa shape index (κ1) is 14.6. The molecular formula is C10H15F5O2. The Morgan fingerprint density at radius 2 is 1.82 bits per heavy atom. The molecule has 0 aliphatic carbocycles. The van der Waals surface area contributed by atoms with Crippen molar-refractivity contribution in [2.24, 2.45) is 0 Å². The molecule has 0 spiro atoms. The van der Waals surface area contributed by atoms with E-state index in [0.717, 1.165) is 12.8 Å². The summed E-state index contributed by atoms with van der Waals surface area (Å²) >= 11 is 0. The van der Waals surface area contributed by atoms with Crippen LogP contribution in [-0.2, 0) is 9.47 Å². The summed E-state index contributed by atoms with van der Waals surface area (Å²) in [5, 5.41) is 0. The highest BCUT2D eigenvalue weighted by Crippen LogP contribution is 2.37. The molecule has 0 aromatic rings. The Kier molecular flexibility index (Phi) is 5.12. The maximum atomic E-state index is 12.4. The maximum Gasteiger partial charge on any atom is 0.453 e. The Balaban J connectivity index is 2.07. The standard InChI is InChI=1S/C10H15F5O2/c11-9(12,10(13,14)15)4-7-16-6-3-8-2-1-5-17-8/h8H,1-7H2. The number of alkyl halides is 5. The summed E-state index contributed by atoms with van der Waals surface area (Å²) in [5.41, 5.74) is 0. The molecular weight excluding hydrogens is 247 g/mol. The fourth-order valence-corrected chi connectivity index (χ4v) is 1.53.